The van der Waals surface area contributed by atoms with Gasteiger partial charge in [0.1, 0.15) is 6.17 Å². The third-order valence-corrected chi connectivity index (χ3v) is 9.34. The number of hydrogen-bond acceptors (Lipinski definition) is 11. The molecule has 5 rings (SSSR count). The number of amides is 1. The minimum absolute atomic E-state index is 0.125. The average molecular weight is 706 g/mol. The van der Waals surface area contributed by atoms with Gasteiger partial charge in [0.25, 0.3) is 5.91 Å². The first-order chi connectivity index (χ1) is 24.7. The highest BCUT2D eigenvalue weighted by Gasteiger charge is 2.30. The Bertz CT molecular complexity index is 1650. The van der Waals surface area contributed by atoms with Gasteiger partial charge in [-0.15, -0.1) is 0 Å². The smallest absolute Gasteiger partial charge is 0.255 e. The van der Waals surface area contributed by atoms with Gasteiger partial charge < -0.3 is 48.6 Å². The van der Waals surface area contributed by atoms with Crippen LogP contribution in [0.1, 0.15) is 85.3 Å². The molecule has 5 unspecified atom stereocenters. The lowest BCUT2D eigenvalue weighted by Crippen LogP contribution is -2.38. The van der Waals surface area contributed by atoms with Crippen molar-refractivity contribution in [1.29, 1.82) is 0 Å². The number of hydrogen-bond donors (Lipinski definition) is 2. The molecule has 0 saturated heterocycles. The van der Waals surface area contributed by atoms with E-state index in [0.29, 0.717) is 53.8 Å². The number of ether oxygens (including phenoxy) is 7. The number of fused-ring (bicyclic) bond motifs is 1. The molecular formula is C39H51N3O9. The largest absolute Gasteiger partial charge is 0.493 e. The van der Waals surface area contributed by atoms with Crippen LogP contribution in [0.4, 0.5) is 5.69 Å². The van der Waals surface area contributed by atoms with Crippen molar-refractivity contribution < 1.29 is 42.8 Å². The van der Waals surface area contributed by atoms with Crippen molar-refractivity contribution in [2.45, 2.75) is 77.5 Å². The van der Waals surface area contributed by atoms with Crippen LogP contribution in [0.25, 0.3) is 0 Å². The van der Waals surface area contributed by atoms with Gasteiger partial charge in [0.05, 0.1) is 52.4 Å². The van der Waals surface area contributed by atoms with E-state index in [4.69, 9.17) is 38.0 Å². The maximum atomic E-state index is 12.8. The summed E-state index contributed by atoms with van der Waals surface area (Å²) in [5, 5.41) is 10.9. The molecule has 0 bridgehead atoms. The lowest BCUT2D eigenvalue weighted by molar-refractivity contribution is -0.116. The summed E-state index contributed by atoms with van der Waals surface area (Å²) in [7, 11) is 8.07. The number of anilines is 1. The van der Waals surface area contributed by atoms with E-state index in [2.05, 4.69) is 29.6 Å². The topological polar surface area (TPSA) is 127 Å². The monoisotopic (exact) mass is 705 g/mol. The Kier molecular flexibility index (Phi) is 12.9. The number of oxime groups is 1. The molecule has 276 valence electrons. The highest BCUT2D eigenvalue weighted by molar-refractivity contribution is 6.02. The molecule has 3 aromatic rings. The van der Waals surface area contributed by atoms with Crippen LogP contribution in [0.5, 0.6) is 28.7 Å². The average Bonchev–Trinajstić information content (AvgIpc) is 3.65. The number of aryl methyl sites for hydroxylation is 1. The Hall–Kier alpha value is -4.68. The van der Waals surface area contributed by atoms with Gasteiger partial charge in [-0.2, -0.15) is 0 Å². The highest BCUT2D eigenvalue weighted by Crippen LogP contribution is 2.42. The van der Waals surface area contributed by atoms with Crippen LogP contribution in [-0.4, -0.2) is 66.2 Å². The minimum atomic E-state index is -0.501. The van der Waals surface area contributed by atoms with Crippen LogP contribution >= 0.6 is 0 Å². The van der Waals surface area contributed by atoms with Gasteiger partial charge in [0, 0.05) is 31.2 Å². The lowest BCUT2D eigenvalue weighted by Gasteiger charge is -2.29. The van der Waals surface area contributed by atoms with Gasteiger partial charge in [-0.05, 0) is 67.6 Å². The van der Waals surface area contributed by atoms with Crippen LogP contribution in [0.2, 0.25) is 0 Å². The first-order valence-corrected chi connectivity index (χ1v) is 17.4. The molecule has 51 heavy (non-hydrogen) atoms. The zero-order chi connectivity index (χ0) is 36.5. The van der Waals surface area contributed by atoms with Crippen molar-refractivity contribution in [1.82, 2.24) is 5.32 Å². The number of nitrogens with one attached hydrogen (secondary N) is 2. The molecule has 0 saturated carbocycles. The van der Waals surface area contributed by atoms with E-state index in [1.54, 1.807) is 35.5 Å². The summed E-state index contributed by atoms with van der Waals surface area (Å²) < 4.78 is 40.7. The van der Waals surface area contributed by atoms with Gasteiger partial charge in [0.2, 0.25) is 5.75 Å². The number of carbonyl (C=O) groups is 1. The number of carbonyl (C=O) groups excluding carboxylic acids is 1. The summed E-state index contributed by atoms with van der Waals surface area (Å²) in [6.07, 6.45) is 2.53. The van der Waals surface area contributed by atoms with Gasteiger partial charge >= 0.3 is 0 Å². The Balaban J connectivity index is 1.14. The molecule has 0 radical (unpaired) electrons. The Morgan fingerprint density at radius 2 is 1.57 bits per heavy atom. The van der Waals surface area contributed by atoms with Crippen molar-refractivity contribution in [2.24, 2.45) is 11.1 Å². The molecule has 2 aliphatic heterocycles. The van der Waals surface area contributed by atoms with E-state index in [-0.39, 0.29) is 24.0 Å². The molecule has 2 heterocycles. The number of nitrogens with zero attached hydrogens (tertiary/aromatic N) is 1. The number of benzene rings is 3. The molecule has 0 spiro atoms. The predicted molar refractivity (Wildman–Crippen MR) is 194 cm³/mol. The molecule has 12 heteroatoms. The van der Waals surface area contributed by atoms with Crippen LogP contribution < -0.4 is 34.3 Å². The molecule has 1 amide bonds. The molecule has 0 aliphatic carbocycles. The lowest BCUT2D eigenvalue weighted by atomic mass is 9.93. The van der Waals surface area contributed by atoms with E-state index in [0.717, 1.165) is 47.4 Å². The summed E-state index contributed by atoms with van der Waals surface area (Å²) in [6, 6.07) is 15.2. The second-order valence-corrected chi connectivity index (χ2v) is 12.9. The predicted octanol–water partition coefficient (Wildman–Crippen LogP) is 7.35. The van der Waals surface area contributed by atoms with E-state index in [9.17, 15) is 4.79 Å². The molecule has 2 aliphatic rings. The summed E-state index contributed by atoms with van der Waals surface area (Å²) in [5.74, 6) is 2.85. The third-order valence-electron chi connectivity index (χ3n) is 9.34. The zero-order valence-corrected chi connectivity index (χ0v) is 30.9. The Morgan fingerprint density at radius 3 is 2.24 bits per heavy atom. The van der Waals surface area contributed by atoms with Crippen LogP contribution in [0.3, 0.4) is 0 Å². The zero-order valence-electron chi connectivity index (χ0n) is 30.9. The maximum absolute atomic E-state index is 12.8. The Labute approximate surface area is 300 Å². The first-order valence-electron chi connectivity index (χ1n) is 17.4. The maximum Gasteiger partial charge on any atom is 0.255 e. The molecule has 12 nitrogen and oxygen atoms in total. The molecule has 5 atom stereocenters. The van der Waals surface area contributed by atoms with Gasteiger partial charge in [-0.1, -0.05) is 43.1 Å². The number of rotatable bonds is 18. The fourth-order valence-electron chi connectivity index (χ4n) is 6.29. The van der Waals surface area contributed by atoms with E-state index < -0.39 is 12.5 Å². The van der Waals surface area contributed by atoms with Crippen LogP contribution in [0, 0.1) is 12.8 Å². The van der Waals surface area contributed by atoms with Crippen molar-refractivity contribution in [3.05, 3.63) is 70.8 Å². The van der Waals surface area contributed by atoms with Gasteiger partial charge in [-0.3, -0.25) is 4.79 Å². The third kappa shape index (κ3) is 8.98. The van der Waals surface area contributed by atoms with E-state index in [1.807, 2.05) is 55.5 Å². The fourth-order valence-corrected chi connectivity index (χ4v) is 6.29. The quantitative estimate of drug-likeness (QED) is 0.130. The standard InChI is InChI=1S/C39H51N3O9/c1-9-10-36(50-31-16-13-25(18-33(31)45-5)38-40-29-15-11-23(2)17-28(29)39(43)41-38)49-22-27(44-4)14-12-24(3)30-21-32(51-42-30)26-19-34(46-6)37(48-8)35(20-26)47-7/h11,13,15-20,24,27,32,36,38,40H,9-10,12,14,21-22H2,1-8H3,(H,41,43). The molecular weight excluding hydrogens is 654 g/mol. The van der Waals surface area contributed by atoms with Gasteiger partial charge in [0.15, 0.2) is 35.4 Å². The van der Waals surface area contributed by atoms with E-state index in [1.165, 1.54) is 0 Å². The fraction of sp³-hybridized carbons (Fsp3) is 0.487. The van der Waals surface area contributed by atoms with Crippen LogP contribution in [-0.2, 0) is 14.3 Å². The van der Waals surface area contributed by atoms with Crippen LogP contribution in [0.15, 0.2) is 53.7 Å². The molecule has 0 aromatic heterocycles. The normalized spacial score (nSPS) is 18.3. The van der Waals surface area contributed by atoms with Crippen molar-refractivity contribution >= 4 is 17.3 Å². The highest BCUT2D eigenvalue weighted by atomic mass is 16.7. The summed E-state index contributed by atoms with van der Waals surface area (Å²) in [4.78, 5) is 18.7. The SMILES string of the molecule is CCCC(OCC(CCC(C)C1=NOC(c2cc(OC)c(OC)c(OC)c2)C1)OC)Oc1ccc(C2NC(=O)c3cc(C)ccc3N2)cc1OC. The van der Waals surface area contributed by atoms with E-state index >= 15 is 0 Å². The second-order valence-electron chi connectivity index (χ2n) is 12.9. The molecule has 0 fully saturated rings. The number of methoxy groups -OCH3 is 5. The summed E-state index contributed by atoms with van der Waals surface area (Å²) >= 11 is 0. The summed E-state index contributed by atoms with van der Waals surface area (Å²) in [5.41, 5.74) is 5.19. The van der Waals surface area contributed by atoms with Crippen molar-refractivity contribution in [2.75, 3.05) is 47.5 Å². The molecule has 3 aromatic carbocycles. The van der Waals surface area contributed by atoms with Crippen molar-refractivity contribution in [3.8, 4) is 28.7 Å². The summed E-state index contributed by atoms with van der Waals surface area (Å²) in [6.45, 7) is 6.57. The molecule has 2 N–H and O–H groups in total. The first kappa shape index (κ1) is 37.6. The second kappa shape index (κ2) is 17.5. The minimum Gasteiger partial charge on any atom is -0.493 e. The van der Waals surface area contributed by atoms with Gasteiger partial charge in [-0.25, -0.2) is 0 Å². The Morgan fingerprint density at radius 1 is 0.843 bits per heavy atom. The van der Waals surface area contributed by atoms with Crippen molar-refractivity contribution in [3.63, 3.8) is 0 Å².